The number of hydrogen-bond acceptors (Lipinski definition) is 2. The summed E-state index contributed by atoms with van der Waals surface area (Å²) in [7, 11) is 1.71. The van der Waals surface area contributed by atoms with Crippen LogP contribution in [0.15, 0.2) is 24.3 Å². The first-order valence-electron chi connectivity index (χ1n) is 4.60. The van der Waals surface area contributed by atoms with Gasteiger partial charge in [-0.15, -0.1) is 0 Å². The number of hydrogen-bond donors (Lipinski definition) is 0. The summed E-state index contributed by atoms with van der Waals surface area (Å²) in [4.78, 5) is 0. The van der Waals surface area contributed by atoms with Gasteiger partial charge >= 0.3 is 0 Å². The minimum atomic E-state index is -0.307. The quantitative estimate of drug-likeness (QED) is 0.575. The molecule has 0 spiro atoms. The molecule has 2 heterocycles. The average Bonchev–Trinajstić information content (AvgIpc) is 2.24. The highest BCUT2D eigenvalue weighted by Crippen LogP contribution is 2.45. The Kier molecular flexibility index (Phi) is 1.70. The maximum absolute atomic E-state index is 5.95. The summed E-state index contributed by atoms with van der Waals surface area (Å²) in [5, 5.41) is 0. The third-order valence-electron chi connectivity index (χ3n) is 2.93. The van der Waals surface area contributed by atoms with Crippen molar-refractivity contribution < 1.29 is 9.47 Å². The molecule has 0 aromatic heterocycles. The second-order valence-electron chi connectivity index (χ2n) is 4.38. The Morgan fingerprint density at radius 1 is 1.54 bits per heavy atom. The molecule has 0 unspecified atom stereocenters. The van der Waals surface area contributed by atoms with Crippen LogP contribution in [0.5, 0.6) is 0 Å². The lowest BCUT2D eigenvalue weighted by Gasteiger charge is -2.42. The second kappa shape index (κ2) is 2.46. The van der Waals surface area contributed by atoms with Gasteiger partial charge in [-0.3, -0.25) is 0 Å². The molecule has 1 saturated heterocycles. The number of methoxy groups -OCH3 is 1. The monoisotopic (exact) mass is 180 g/mol. The van der Waals surface area contributed by atoms with E-state index >= 15 is 0 Å². The highest BCUT2D eigenvalue weighted by molar-refractivity contribution is 5.31. The molecule has 2 aliphatic heterocycles. The summed E-state index contributed by atoms with van der Waals surface area (Å²) >= 11 is 0. The predicted molar refractivity (Wildman–Crippen MR) is 51.6 cm³/mol. The Morgan fingerprint density at radius 2 is 2.23 bits per heavy atom. The molecule has 0 aromatic carbocycles. The van der Waals surface area contributed by atoms with E-state index in [1.807, 2.05) is 6.92 Å². The molecular formula is C11H16O2. The third kappa shape index (κ3) is 1.17. The Balaban J connectivity index is 2.36. The molecule has 0 amide bonds. The van der Waals surface area contributed by atoms with Crippen LogP contribution < -0.4 is 0 Å². The maximum Gasteiger partial charge on any atom is 0.115 e. The van der Waals surface area contributed by atoms with Crippen molar-refractivity contribution in [1.82, 2.24) is 0 Å². The van der Waals surface area contributed by atoms with Crippen LogP contribution >= 0.6 is 0 Å². The smallest absolute Gasteiger partial charge is 0.115 e. The van der Waals surface area contributed by atoms with Crippen LogP contribution in [0.2, 0.25) is 0 Å². The fraction of sp³-hybridized carbons (Fsp3) is 0.636. The van der Waals surface area contributed by atoms with E-state index < -0.39 is 0 Å². The van der Waals surface area contributed by atoms with Gasteiger partial charge in [-0.05, 0) is 19.4 Å². The summed E-state index contributed by atoms with van der Waals surface area (Å²) in [6.07, 6.45) is 5.08. The normalized spacial score (nSPS) is 48.5. The minimum absolute atomic E-state index is 0.000625. The molecule has 13 heavy (non-hydrogen) atoms. The van der Waals surface area contributed by atoms with Crippen molar-refractivity contribution in [2.75, 3.05) is 7.11 Å². The van der Waals surface area contributed by atoms with Crippen LogP contribution in [-0.2, 0) is 9.47 Å². The molecule has 2 heteroatoms. The Hall–Kier alpha value is -0.600. The zero-order valence-corrected chi connectivity index (χ0v) is 8.46. The zero-order valence-electron chi connectivity index (χ0n) is 8.46. The molecule has 2 bridgehead atoms. The fourth-order valence-electron chi connectivity index (χ4n) is 2.50. The Morgan fingerprint density at radius 3 is 2.85 bits per heavy atom. The van der Waals surface area contributed by atoms with Gasteiger partial charge < -0.3 is 9.47 Å². The van der Waals surface area contributed by atoms with Gasteiger partial charge in [0.25, 0.3) is 0 Å². The SMILES string of the molecule is C=C1C[C@]2(C)C=C[C@](C)(O2)[C@H]1OC. The van der Waals surface area contributed by atoms with Gasteiger partial charge in [-0.2, -0.15) is 0 Å². The molecule has 0 aromatic rings. The van der Waals surface area contributed by atoms with Crippen LogP contribution in [0.3, 0.4) is 0 Å². The molecule has 2 nitrogen and oxygen atoms in total. The van der Waals surface area contributed by atoms with Gasteiger partial charge in [0.05, 0.1) is 5.60 Å². The Labute approximate surface area is 79.2 Å². The molecule has 0 N–H and O–H groups in total. The van der Waals surface area contributed by atoms with Crippen molar-refractivity contribution in [2.24, 2.45) is 0 Å². The largest absolute Gasteiger partial charge is 0.374 e. The summed E-state index contributed by atoms with van der Waals surface area (Å²) < 4.78 is 11.4. The van der Waals surface area contributed by atoms with Gasteiger partial charge in [0.2, 0.25) is 0 Å². The maximum atomic E-state index is 5.95. The van der Waals surface area contributed by atoms with E-state index in [2.05, 4.69) is 25.7 Å². The van der Waals surface area contributed by atoms with E-state index in [1.54, 1.807) is 7.11 Å². The highest BCUT2D eigenvalue weighted by atomic mass is 16.6. The Bertz CT molecular complexity index is 282. The van der Waals surface area contributed by atoms with Crippen molar-refractivity contribution in [2.45, 2.75) is 37.6 Å². The van der Waals surface area contributed by atoms with Gasteiger partial charge in [-0.1, -0.05) is 18.7 Å². The molecule has 0 aliphatic carbocycles. The summed E-state index contributed by atoms with van der Waals surface area (Å²) in [6, 6.07) is 0. The molecule has 72 valence electrons. The molecule has 0 radical (unpaired) electrons. The van der Waals surface area contributed by atoms with E-state index in [-0.39, 0.29) is 17.3 Å². The van der Waals surface area contributed by atoms with E-state index in [1.165, 1.54) is 0 Å². The van der Waals surface area contributed by atoms with Crippen molar-refractivity contribution in [3.8, 4) is 0 Å². The second-order valence-corrected chi connectivity index (χ2v) is 4.38. The molecule has 0 saturated carbocycles. The van der Waals surface area contributed by atoms with E-state index in [4.69, 9.17) is 9.47 Å². The molecule has 2 aliphatic rings. The van der Waals surface area contributed by atoms with Crippen molar-refractivity contribution in [1.29, 1.82) is 0 Å². The van der Waals surface area contributed by atoms with Crippen LogP contribution in [0.4, 0.5) is 0 Å². The van der Waals surface area contributed by atoms with Gasteiger partial charge in [0.15, 0.2) is 0 Å². The predicted octanol–water partition coefficient (Wildman–Crippen LogP) is 2.07. The van der Waals surface area contributed by atoms with Crippen LogP contribution in [0, 0.1) is 0 Å². The molecule has 3 atom stereocenters. The van der Waals surface area contributed by atoms with Crippen molar-refractivity contribution in [3.05, 3.63) is 24.3 Å². The minimum Gasteiger partial charge on any atom is -0.374 e. The molecule has 2 rings (SSSR count). The van der Waals surface area contributed by atoms with Gasteiger partial charge in [-0.25, -0.2) is 0 Å². The lowest BCUT2D eigenvalue weighted by molar-refractivity contribution is -0.149. The number of rotatable bonds is 1. The molecule has 1 fully saturated rings. The van der Waals surface area contributed by atoms with Crippen molar-refractivity contribution >= 4 is 0 Å². The van der Waals surface area contributed by atoms with Crippen LogP contribution in [0.1, 0.15) is 20.3 Å². The topological polar surface area (TPSA) is 18.5 Å². The highest BCUT2D eigenvalue weighted by Gasteiger charge is 2.50. The fourth-order valence-corrected chi connectivity index (χ4v) is 2.50. The van der Waals surface area contributed by atoms with E-state index in [9.17, 15) is 0 Å². The van der Waals surface area contributed by atoms with Crippen LogP contribution in [0.25, 0.3) is 0 Å². The zero-order chi connectivity index (χ0) is 9.69. The first kappa shape index (κ1) is 8.97. The first-order valence-corrected chi connectivity index (χ1v) is 4.60. The molecular weight excluding hydrogens is 164 g/mol. The van der Waals surface area contributed by atoms with Gasteiger partial charge in [0, 0.05) is 13.5 Å². The lowest BCUT2D eigenvalue weighted by Crippen LogP contribution is -2.49. The van der Waals surface area contributed by atoms with E-state index in [0.717, 1.165) is 12.0 Å². The van der Waals surface area contributed by atoms with Gasteiger partial charge in [0.1, 0.15) is 11.7 Å². The standard InChI is InChI=1S/C11H16O2/c1-8-7-10(2)5-6-11(3,13-10)9(8)12-4/h5-6,9H,1,7H2,2-4H3/t9-,10-,11-/m0/s1. The summed E-state index contributed by atoms with van der Waals surface area (Å²) in [5.41, 5.74) is 0.670. The van der Waals surface area contributed by atoms with Crippen LogP contribution in [-0.4, -0.2) is 24.4 Å². The first-order chi connectivity index (χ1) is 5.99. The summed E-state index contributed by atoms with van der Waals surface area (Å²) in [6.45, 7) is 8.19. The average molecular weight is 180 g/mol. The number of fused-ring (bicyclic) bond motifs is 2. The van der Waals surface area contributed by atoms with E-state index in [0.29, 0.717) is 0 Å². The third-order valence-corrected chi connectivity index (χ3v) is 2.93. The summed E-state index contributed by atoms with van der Waals surface area (Å²) in [5.74, 6) is 0. The van der Waals surface area contributed by atoms with Crippen molar-refractivity contribution in [3.63, 3.8) is 0 Å². The lowest BCUT2D eigenvalue weighted by atomic mass is 9.87. The number of ether oxygens (including phenoxy) is 2.